The first-order chi connectivity index (χ1) is 15.3. The Balaban J connectivity index is 1.55. The number of hydrogen-bond acceptors (Lipinski definition) is 4. The van der Waals surface area contributed by atoms with Gasteiger partial charge in [-0.3, -0.25) is 19.2 Å². The highest BCUT2D eigenvalue weighted by atomic mass is 19.1. The van der Waals surface area contributed by atoms with Gasteiger partial charge in [0.15, 0.2) is 11.5 Å². The Kier molecular flexibility index (Phi) is 5.73. The van der Waals surface area contributed by atoms with Gasteiger partial charge in [-0.05, 0) is 41.2 Å². The number of likely N-dealkylation sites (N-methyl/N-ethyl adjacent to an activating group) is 1. The predicted molar refractivity (Wildman–Crippen MR) is 114 cm³/mol. The first kappa shape index (κ1) is 21.6. The molecule has 0 saturated carbocycles. The van der Waals surface area contributed by atoms with E-state index in [9.17, 15) is 18.4 Å². The van der Waals surface area contributed by atoms with E-state index in [-0.39, 0.29) is 30.1 Å². The van der Waals surface area contributed by atoms with Crippen molar-refractivity contribution < 1.29 is 18.4 Å². The quantitative estimate of drug-likeness (QED) is 0.678. The van der Waals surface area contributed by atoms with Gasteiger partial charge in [0.2, 0.25) is 0 Å². The minimum atomic E-state index is -0.877. The Labute approximate surface area is 184 Å². The second-order valence-corrected chi connectivity index (χ2v) is 8.06. The molecule has 7 nitrogen and oxygen atoms in total. The Morgan fingerprint density at radius 1 is 1.16 bits per heavy atom. The van der Waals surface area contributed by atoms with Gasteiger partial charge in [-0.2, -0.15) is 5.10 Å². The van der Waals surface area contributed by atoms with Gasteiger partial charge in [-0.25, -0.2) is 13.8 Å². The van der Waals surface area contributed by atoms with E-state index in [0.717, 1.165) is 11.8 Å². The molecule has 1 aliphatic rings. The zero-order chi connectivity index (χ0) is 23.0. The molecule has 0 aliphatic carbocycles. The van der Waals surface area contributed by atoms with Gasteiger partial charge in [0.05, 0.1) is 12.7 Å². The number of amides is 2. The van der Waals surface area contributed by atoms with Gasteiger partial charge in [0.1, 0.15) is 17.7 Å². The molecule has 0 unspecified atom stereocenters. The van der Waals surface area contributed by atoms with Gasteiger partial charge in [0, 0.05) is 13.2 Å². The molecule has 2 amide bonds. The molecule has 2 aromatic heterocycles. The number of rotatable bonds is 4. The third kappa shape index (κ3) is 3.98. The summed E-state index contributed by atoms with van der Waals surface area (Å²) in [6.07, 6.45) is 2.72. The number of anilines is 1. The number of carbonyl (C=O) groups is 2. The first-order valence-corrected chi connectivity index (χ1v) is 10.3. The second-order valence-electron chi connectivity index (χ2n) is 8.06. The first-order valence-electron chi connectivity index (χ1n) is 10.3. The zero-order valence-corrected chi connectivity index (χ0v) is 17.9. The summed E-state index contributed by atoms with van der Waals surface area (Å²) in [6.45, 7) is 4.01. The zero-order valence-electron chi connectivity index (χ0n) is 17.9. The Bertz CT molecular complexity index is 1160. The van der Waals surface area contributed by atoms with E-state index in [1.807, 2.05) is 26.0 Å². The maximum Gasteiger partial charge on any atom is 0.275 e. The van der Waals surface area contributed by atoms with Gasteiger partial charge >= 0.3 is 0 Å². The predicted octanol–water partition coefficient (Wildman–Crippen LogP) is 3.12. The van der Waals surface area contributed by atoms with Crippen LogP contribution >= 0.6 is 0 Å². The molecule has 0 fully saturated rings. The third-order valence-electron chi connectivity index (χ3n) is 6.01. The van der Waals surface area contributed by atoms with E-state index in [2.05, 4.69) is 15.4 Å². The van der Waals surface area contributed by atoms with Crippen LogP contribution in [0.5, 0.6) is 0 Å². The largest absolute Gasteiger partial charge is 0.338 e. The molecule has 32 heavy (non-hydrogen) atoms. The summed E-state index contributed by atoms with van der Waals surface area (Å²) in [5, 5.41) is 6.72. The molecule has 0 spiro atoms. The lowest BCUT2D eigenvalue weighted by molar-refractivity contribution is -0.121. The molecule has 1 aromatic carbocycles. The normalized spacial score (nSPS) is 20.6. The molecule has 0 bridgehead atoms. The van der Waals surface area contributed by atoms with Crippen LogP contribution in [0.2, 0.25) is 0 Å². The number of hydrogen-bond donors (Lipinski definition) is 1. The van der Waals surface area contributed by atoms with E-state index in [4.69, 9.17) is 0 Å². The lowest BCUT2D eigenvalue weighted by Gasteiger charge is -2.26. The van der Waals surface area contributed by atoms with Gasteiger partial charge in [0.25, 0.3) is 11.8 Å². The third-order valence-corrected chi connectivity index (χ3v) is 6.01. The summed E-state index contributed by atoms with van der Waals surface area (Å²) in [7, 11) is 1.61. The molecule has 0 radical (unpaired) electrons. The smallest absolute Gasteiger partial charge is 0.275 e. The van der Waals surface area contributed by atoms with E-state index in [1.165, 1.54) is 21.7 Å². The molecule has 0 saturated heterocycles. The number of aromatic nitrogens is 3. The van der Waals surface area contributed by atoms with Crippen LogP contribution in [0, 0.1) is 17.6 Å². The lowest BCUT2D eigenvalue weighted by atomic mass is 9.85. The Morgan fingerprint density at radius 3 is 2.59 bits per heavy atom. The van der Waals surface area contributed by atoms with Crippen molar-refractivity contribution in [1.29, 1.82) is 0 Å². The van der Waals surface area contributed by atoms with Crippen molar-refractivity contribution in [3.63, 3.8) is 0 Å². The molecule has 1 aliphatic heterocycles. The van der Waals surface area contributed by atoms with Crippen LogP contribution in [-0.4, -0.2) is 39.7 Å². The van der Waals surface area contributed by atoms with E-state index < -0.39 is 23.5 Å². The molecular formula is C23H23F2N5O2. The van der Waals surface area contributed by atoms with Gasteiger partial charge in [-0.15, -0.1) is 0 Å². The maximum absolute atomic E-state index is 14.5. The van der Waals surface area contributed by atoms with Crippen LogP contribution in [0.4, 0.5) is 14.6 Å². The van der Waals surface area contributed by atoms with Crippen molar-refractivity contribution >= 4 is 17.6 Å². The number of carbonyl (C=O) groups excluding carboxylic acids is 2. The van der Waals surface area contributed by atoms with Crippen molar-refractivity contribution in [3.8, 4) is 0 Å². The summed E-state index contributed by atoms with van der Waals surface area (Å²) >= 11 is 0. The van der Waals surface area contributed by atoms with Crippen LogP contribution in [0.1, 0.15) is 41.4 Å². The summed E-state index contributed by atoms with van der Waals surface area (Å²) < 4.78 is 28.9. The number of benzene rings is 1. The standard InChI is InChI=1S/C23H23F2N5O2/c1-13-14(2)19(23(32)29(3)21-17(13)5-4-10-26-21)27-22(31)20-18(25)12-30(28-20)11-15-6-8-16(24)9-7-15/h4-10,12-14,19H,11H2,1-3H3,(H,27,31)/t13-,14+,19+/m1/s1. The SMILES string of the molecule is C[C@@H]1[C@H](NC(=O)c2nn(Cc3ccc(F)cc3)cc2F)C(=O)N(C)c2ncccc2[C@@H]1C. The van der Waals surface area contributed by atoms with Crippen LogP contribution in [-0.2, 0) is 11.3 Å². The highest BCUT2D eigenvalue weighted by Gasteiger charge is 2.39. The minimum absolute atomic E-state index is 0.0706. The van der Waals surface area contributed by atoms with Crippen molar-refractivity contribution in [1.82, 2.24) is 20.1 Å². The molecule has 9 heteroatoms. The van der Waals surface area contributed by atoms with Crippen molar-refractivity contribution in [2.75, 3.05) is 11.9 Å². The number of halogens is 2. The number of nitrogens with one attached hydrogen (secondary N) is 1. The van der Waals surface area contributed by atoms with Crippen molar-refractivity contribution in [2.24, 2.45) is 5.92 Å². The average Bonchev–Trinajstić information content (AvgIpc) is 3.14. The Hall–Kier alpha value is -3.62. The van der Waals surface area contributed by atoms with E-state index >= 15 is 0 Å². The van der Waals surface area contributed by atoms with Gasteiger partial charge in [-0.1, -0.05) is 32.0 Å². The Morgan fingerprint density at radius 2 is 1.88 bits per heavy atom. The fourth-order valence-corrected chi connectivity index (χ4v) is 3.97. The van der Waals surface area contributed by atoms with E-state index in [0.29, 0.717) is 11.4 Å². The van der Waals surface area contributed by atoms with Crippen molar-refractivity contribution in [2.45, 2.75) is 32.4 Å². The van der Waals surface area contributed by atoms with Crippen LogP contribution in [0.25, 0.3) is 0 Å². The topological polar surface area (TPSA) is 80.1 Å². The molecular weight excluding hydrogens is 416 g/mol. The summed E-state index contributed by atoms with van der Waals surface area (Å²) in [6, 6.07) is 8.56. The molecule has 3 aromatic rings. The number of fused-ring (bicyclic) bond motifs is 1. The number of pyridine rings is 1. The summed E-state index contributed by atoms with van der Waals surface area (Å²) in [5.41, 5.74) is 1.21. The highest BCUT2D eigenvalue weighted by molar-refractivity contribution is 6.02. The summed E-state index contributed by atoms with van der Waals surface area (Å²) in [5.74, 6) is -2.07. The number of nitrogens with zero attached hydrogens (tertiary/aromatic N) is 4. The fraction of sp³-hybridized carbons (Fsp3) is 0.304. The fourth-order valence-electron chi connectivity index (χ4n) is 3.97. The molecule has 4 rings (SSSR count). The monoisotopic (exact) mass is 439 g/mol. The second kappa shape index (κ2) is 8.49. The molecule has 3 atom stereocenters. The van der Waals surface area contributed by atoms with Crippen LogP contribution in [0.3, 0.4) is 0 Å². The maximum atomic E-state index is 14.5. The molecule has 1 N–H and O–H groups in total. The van der Waals surface area contributed by atoms with Gasteiger partial charge < -0.3 is 5.32 Å². The van der Waals surface area contributed by atoms with Crippen LogP contribution < -0.4 is 10.2 Å². The summed E-state index contributed by atoms with van der Waals surface area (Å²) in [4.78, 5) is 31.7. The van der Waals surface area contributed by atoms with Crippen molar-refractivity contribution in [3.05, 3.63) is 77.2 Å². The minimum Gasteiger partial charge on any atom is -0.338 e. The molecule has 3 heterocycles. The highest BCUT2D eigenvalue weighted by Crippen LogP contribution is 2.36. The molecule has 166 valence electrons. The lowest BCUT2D eigenvalue weighted by Crippen LogP contribution is -2.50. The average molecular weight is 439 g/mol. The van der Waals surface area contributed by atoms with E-state index in [1.54, 1.807) is 25.4 Å². The van der Waals surface area contributed by atoms with Crippen LogP contribution in [0.15, 0.2) is 48.8 Å².